The summed E-state index contributed by atoms with van der Waals surface area (Å²) in [6.07, 6.45) is 0. The molecule has 0 aliphatic carbocycles. The van der Waals surface area contributed by atoms with E-state index in [1.165, 1.54) is 0 Å². The van der Waals surface area contributed by atoms with Crippen LogP contribution in [0.3, 0.4) is 0 Å². The molecule has 0 saturated carbocycles. The summed E-state index contributed by atoms with van der Waals surface area (Å²) in [6.45, 7) is 6.29. The van der Waals surface area contributed by atoms with Crippen LogP contribution in [0.15, 0.2) is 42.5 Å². The van der Waals surface area contributed by atoms with E-state index in [2.05, 4.69) is 10.6 Å². The molecule has 2 aromatic carbocycles. The number of carbonyl (C=O) groups is 1. The molecule has 0 fully saturated rings. The summed E-state index contributed by atoms with van der Waals surface area (Å²) in [5.74, 6) is -0.0399. The Balaban J connectivity index is 1.96. The second-order valence-corrected chi connectivity index (χ2v) is 5.04. The zero-order chi connectivity index (χ0) is 14.5. The van der Waals surface area contributed by atoms with Gasteiger partial charge in [0.2, 0.25) is 5.91 Å². The number of carbonyl (C=O) groups excluding carboxylic acids is 1. The maximum atomic E-state index is 12.0. The lowest BCUT2D eigenvalue weighted by Crippen LogP contribution is -2.22. The van der Waals surface area contributed by atoms with Crippen LogP contribution in [0, 0.1) is 20.8 Å². The van der Waals surface area contributed by atoms with Crippen molar-refractivity contribution < 1.29 is 4.79 Å². The molecule has 20 heavy (non-hydrogen) atoms. The van der Waals surface area contributed by atoms with E-state index >= 15 is 0 Å². The van der Waals surface area contributed by atoms with Crippen molar-refractivity contribution >= 4 is 17.3 Å². The minimum Gasteiger partial charge on any atom is -0.376 e. The number of aryl methyl sites for hydroxylation is 3. The highest BCUT2D eigenvalue weighted by atomic mass is 16.1. The van der Waals surface area contributed by atoms with Gasteiger partial charge in [-0.15, -0.1) is 0 Å². The molecule has 0 atom stereocenters. The Morgan fingerprint density at radius 3 is 2.40 bits per heavy atom. The van der Waals surface area contributed by atoms with Crippen molar-refractivity contribution in [3.05, 3.63) is 59.2 Å². The molecule has 2 rings (SSSR count). The predicted molar refractivity (Wildman–Crippen MR) is 84.2 cm³/mol. The molecule has 2 aromatic rings. The van der Waals surface area contributed by atoms with Crippen LogP contribution in [0.25, 0.3) is 0 Å². The quantitative estimate of drug-likeness (QED) is 0.888. The Hall–Kier alpha value is -2.29. The van der Waals surface area contributed by atoms with E-state index in [9.17, 15) is 4.79 Å². The first-order valence-electron chi connectivity index (χ1n) is 6.73. The van der Waals surface area contributed by atoms with Gasteiger partial charge in [0, 0.05) is 11.4 Å². The first kappa shape index (κ1) is 14.1. The molecule has 0 radical (unpaired) electrons. The molecule has 0 aliphatic rings. The molecule has 3 nitrogen and oxygen atoms in total. The van der Waals surface area contributed by atoms with Crippen LogP contribution in [-0.4, -0.2) is 12.5 Å². The fourth-order valence-corrected chi connectivity index (χ4v) is 2.01. The average Bonchev–Trinajstić information content (AvgIpc) is 2.42. The standard InChI is InChI=1S/C17H20N2O/c1-12-8-9-14(3)16(10-12)19-17(20)11-18-15-7-5-4-6-13(15)2/h4-10,18H,11H2,1-3H3,(H,19,20). The molecule has 104 valence electrons. The Morgan fingerprint density at radius 2 is 1.65 bits per heavy atom. The second-order valence-electron chi connectivity index (χ2n) is 5.04. The minimum atomic E-state index is -0.0399. The van der Waals surface area contributed by atoms with Crippen LogP contribution in [0.5, 0.6) is 0 Å². The minimum absolute atomic E-state index is 0.0399. The molecule has 0 unspecified atom stereocenters. The topological polar surface area (TPSA) is 41.1 Å². The largest absolute Gasteiger partial charge is 0.376 e. The van der Waals surface area contributed by atoms with Crippen molar-refractivity contribution in [3.63, 3.8) is 0 Å². The molecule has 0 spiro atoms. The Labute approximate surface area is 120 Å². The summed E-state index contributed by atoms with van der Waals surface area (Å²) in [5.41, 5.74) is 5.20. The lowest BCUT2D eigenvalue weighted by Gasteiger charge is -2.11. The monoisotopic (exact) mass is 268 g/mol. The molecule has 0 saturated heterocycles. The summed E-state index contributed by atoms with van der Waals surface area (Å²) in [6, 6.07) is 14.0. The van der Waals surface area contributed by atoms with Gasteiger partial charge in [0.15, 0.2) is 0 Å². The summed E-state index contributed by atoms with van der Waals surface area (Å²) >= 11 is 0. The Bertz CT molecular complexity index is 620. The van der Waals surface area contributed by atoms with Gasteiger partial charge in [-0.2, -0.15) is 0 Å². The van der Waals surface area contributed by atoms with Crippen molar-refractivity contribution in [1.82, 2.24) is 0 Å². The molecular formula is C17H20N2O. The number of anilines is 2. The van der Waals surface area contributed by atoms with E-state index < -0.39 is 0 Å². The smallest absolute Gasteiger partial charge is 0.243 e. The third-order valence-corrected chi connectivity index (χ3v) is 3.25. The maximum Gasteiger partial charge on any atom is 0.243 e. The molecule has 1 amide bonds. The second kappa shape index (κ2) is 6.24. The SMILES string of the molecule is Cc1ccc(C)c(NC(=O)CNc2ccccc2C)c1. The number of rotatable bonds is 4. The van der Waals surface area contributed by atoms with Crippen LogP contribution in [0.4, 0.5) is 11.4 Å². The third-order valence-electron chi connectivity index (χ3n) is 3.25. The van der Waals surface area contributed by atoms with E-state index in [1.54, 1.807) is 0 Å². The van der Waals surface area contributed by atoms with Crippen molar-refractivity contribution in [3.8, 4) is 0 Å². The fourth-order valence-electron chi connectivity index (χ4n) is 2.01. The van der Waals surface area contributed by atoms with Gasteiger partial charge in [-0.1, -0.05) is 30.3 Å². The molecule has 3 heteroatoms. The maximum absolute atomic E-state index is 12.0. The Morgan fingerprint density at radius 1 is 0.950 bits per heavy atom. The molecule has 2 N–H and O–H groups in total. The van der Waals surface area contributed by atoms with Gasteiger partial charge in [0.25, 0.3) is 0 Å². The van der Waals surface area contributed by atoms with Crippen molar-refractivity contribution in [2.45, 2.75) is 20.8 Å². The fraction of sp³-hybridized carbons (Fsp3) is 0.235. The zero-order valence-electron chi connectivity index (χ0n) is 12.2. The number of benzene rings is 2. The van der Waals surface area contributed by atoms with Crippen LogP contribution in [0.1, 0.15) is 16.7 Å². The zero-order valence-corrected chi connectivity index (χ0v) is 12.2. The normalized spacial score (nSPS) is 10.2. The van der Waals surface area contributed by atoms with Gasteiger partial charge < -0.3 is 10.6 Å². The number of para-hydroxylation sites is 1. The van der Waals surface area contributed by atoms with Gasteiger partial charge in [-0.3, -0.25) is 4.79 Å². The van der Waals surface area contributed by atoms with E-state index in [0.29, 0.717) is 0 Å². The third kappa shape index (κ3) is 3.60. The van der Waals surface area contributed by atoms with Crippen LogP contribution >= 0.6 is 0 Å². The van der Waals surface area contributed by atoms with Gasteiger partial charge >= 0.3 is 0 Å². The molecule has 0 heterocycles. The van der Waals surface area contributed by atoms with Crippen LogP contribution in [-0.2, 0) is 4.79 Å². The van der Waals surface area contributed by atoms with Gasteiger partial charge in [0.05, 0.1) is 6.54 Å². The van der Waals surface area contributed by atoms with Gasteiger partial charge in [-0.25, -0.2) is 0 Å². The van der Waals surface area contributed by atoms with E-state index in [1.807, 2.05) is 63.2 Å². The predicted octanol–water partition coefficient (Wildman–Crippen LogP) is 3.66. The van der Waals surface area contributed by atoms with Gasteiger partial charge in [-0.05, 0) is 49.6 Å². The van der Waals surface area contributed by atoms with E-state index in [-0.39, 0.29) is 12.5 Å². The molecule has 0 bridgehead atoms. The number of nitrogens with one attached hydrogen (secondary N) is 2. The average molecular weight is 268 g/mol. The number of amides is 1. The number of hydrogen-bond acceptors (Lipinski definition) is 2. The summed E-state index contributed by atoms with van der Waals surface area (Å²) < 4.78 is 0. The van der Waals surface area contributed by atoms with Gasteiger partial charge in [0.1, 0.15) is 0 Å². The number of hydrogen-bond donors (Lipinski definition) is 2. The highest BCUT2D eigenvalue weighted by molar-refractivity contribution is 5.94. The van der Waals surface area contributed by atoms with Crippen molar-refractivity contribution in [1.29, 1.82) is 0 Å². The van der Waals surface area contributed by atoms with Crippen molar-refractivity contribution in [2.24, 2.45) is 0 Å². The van der Waals surface area contributed by atoms with E-state index in [0.717, 1.165) is 28.1 Å². The molecule has 0 aromatic heterocycles. The highest BCUT2D eigenvalue weighted by Gasteiger charge is 2.05. The van der Waals surface area contributed by atoms with Crippen LogP contribution in [0.2, 0.25) is 0 Å². The summed E-state index contributed by atoms with van der Waals surface area (Å²) in [4.78, 5) is 12.0. The van der Waals surface area contributed by atoms with Crippen LogP contribution < -0.4 is 10.6 Å². The first-order valence-corrected chi connectivity index (χ1v) is 6.73. The lowest BCUT2D eigenvalue weighted by molar-refractivity contribution is -0.114. The summed E-state index contributed by atoms with van der Waals surface area (Å²) in [5, 5.41) is 6.09. The highest BCUT2D eigenvalue weighted by Crippen LogP contribution is 2.16. The Kier molecular flexibility index (Phi) is 4.41. The van der Waals surface area contributed by atoms with Crippen molar-refractivity contribution in [2.75, 3.05) is 17.2 Å². The summed E-state index contributed by atoms with van der Waals surface area (Å²) in [7, 11) is 0. The molecule has 0 aliphatic heterocycles. The molecular weight excluding hydrogens is 248 g/mol. The van der Waals surface area contributed by atoms with E-state index in [4.69, 9.17) is 0 Å². The lowest BCUT2D eigenvalue weighted by atomic mass is 10.1. The first-order chi connectivity index (χ1) is 9.56.